The maximum atomic E-state index is 13.2. The lowest BCUT2D eigenvalue weighted by molar-refractivity contribution is 0.0691. The smallest absolute Gasteiger partial charge is 0.356 e. The molecule has 0 aliphatic rings. The SMILES string of the molecule is Cc1cc(C(C)Nc2ccc(Br)nc2C(=O)O)c2oc(-c3ccccc3)c(C)c(=O)c2c1. The minimum Gasteiger partial charge on any atom is -0.476 e. The number of carbonyl (C=O) groups is 1. The summed E-state index contributed by atoms with van der Waals surface area (Å²) in [6, 6.07) is 16.2. The third-order valence-corrected chi connectivity index (χ3v) is 5.77. The van der Waals surface area contributed by atoms with Crippen LogP contribution in [-0.4, -0.2) is 16.1 Å². The van der Waals surface area contributed by atoms with Crippen molar-refractivity contribution >= 4 is 38.6 Å². The van der Waals surface area contributed by atoms with Crippen molar-refractivity contribution in [1.82, 2.24) is 4.98 Å². The number of aromatic nitrogens is 1. The largest absolute Gasteiger partial charge is 0.476 e. The molecule has 2 aromatic heterocycles. The van der Waals surface area contributed by atoms with Crippen LogP contribution in [0.3, 0.4) is 0 Å². The van der Waals surface area contributed by atoms with Gasteiger partial charge in [-0.15, -0.1) is 0 Å². The molecule has 0 fully saturated rings. The van der Waals surface area contributed by atoms with Gasteiger partial charge in [-0.3, -0.25) is 4.79 Å². The predicted octanol–water partition coefficient (Wildman–Crippen LogP) is 6.11. The number of fused-ring (bicyclic) bond motifs is 1. The first-order valence-corrected chi connectivity index (χ1v) is 10.9. The van der Waals surface area contributed by atoms with Crippen molar-refractivity contribution in [2.45, 2.75) is 26.8 Å². The van der Waals surface area contributed by atoms with Gasteiger partial charge in [-0.1, -0.05) is 36.4 Å². The zero-order valence-electron chi connectivity index (χ0n) is 17.8. The van der Waals surface area contributed by atoms with Gasteiger partial charge in [0.05, 0.1) is 17.1 Å². The molecule has 4 aromatic rings. The molecule has 2 aromatic carbocycles. The Morgan fingerprint density at radius 2 is 1.84 bits per heavy atom. The molecular formula is C25H21BrN2O4. The average molecular weight is 493 g/mol. The number of aryl methyl sites for hydroxylation is 1. The number of rotatable bonds is 5. The molecule has 6 nitrogen and oxygen atoms in total. The van der Waals surface area contributed by atoms with Crippen molar-refractivity contribution in [3.63, 3.8) is 0 Å². The van der Waals surface area contributed by atoms with Crippen LogP contribution in [0.25, 0.3) is 22.3 Å². The van der Waals surface area contributed by atoms with Gasteiger partial charge in [0, 0.05) is 16.7 Å². The highest BCUT2D eigenvalue weighted by Crippen LogP contribution is 2.32. The van der Waals surface area contributed by atoms with Crippen LogP contribution in [0, 0.1) is 13.8 Å². The van der Waals surface area contributed by atoms with E-state index >= 15 is 0 Å². The lowest BCUT2D eigenvalue weighted by Gasteiger charge is -2.19. The lowest BCUT2D eigenvalue weighted by atomic mass is 9.98. The molecule has 1 atom stereocenters. The van der Waals surface area contributed by atoms with E-state index in [1.165, 1.54) is 0 Å². The number of halogens is 1. The van der Waals surface area contributed by atoms with Crippen molar-refractivity contribution in [2.24, 2.45) is 0 Å². The van der Waals surface area contributed by atoms with E-state index in [2.05, 4.69) is 26.2 Å². The number of carboxylic acid groups (broad SMARTS) is 1. The third-order valence-electron chi connectivity index (χ3n) is 5.33. The summed E-state index contributed by atoms with van der Waals surface area (Å²) in [5, 5.41) is 13.3. The molecule has 2 heterocycles. The first-order chi connectivity index (χ1) is 15.3. The van der Waals surface area contributed by atoms with E-state index in [4.69, 9.17) is 4.42 Å². The maximum Gasteiger partial charge on any atom is 0.356 e. The van der Waals surface area contributed by atoms with E-state index in [-0.39, 0.29) is 17.2 Å². The minimum absolute atomic E-state index is 0.0845. The fraction of sp³-hybridized carbons (Fsp3) is 0.160. The van der Waals surface area contributed by atoms with Gasteiger partial charge in [0.2, 0.25) is 0 Å². The summed E-state index contributed by atoms with van der Waals surface area (Å²) in [6.07, 6.45) is 0. The predicted molar refractivity (Wildman–Crippen MR) is 128 cm³/mol. The first-order valence-electron chi connectivity index (χ1n) is 10.1. The van der Waals surface area contributed by atoms with Gasteiger partial charge < -0.3 is 14.8 Å². The zero-order chi connectivity index (χ0) is 23.0. The number of aromatic carboxylic acids is 1. The van der Waals surface area contributed by atoms with Crippen LogP contribution in [0.1, 0.15) is 40.1 Å². The van der Waals surface area contributed by atoms with Gasteiger partial charge in [0.25, 0.3) is 0 Å². The minimum atomic E-state index is -1.14. The molecule has 0 spiro atoms. The Hall–Kier alpha value is -3.45. The molecule has 0 saturated heterocycles. The second-order valence-electron chi connectivity index (χ2n) is 7.68. The molecule has 0 aliphatic carbocycles. The number of carboxylic acids is 1. The number of nitrogens with one attached hydrogen (secondary N) is 1. The van der Waals surface area contributed by atoms with Gasteiger partial charge in [-0.25, -0.2) is 9.78 Å². The van der Waals surface area contributed by atoms with E-state index in [1.54, 1.807) is 19.1 Å². The summed E-state index contributed by atoms with van der Waals surface area (Å²) in [7, 11) is 0. The summed E-state index contributed by atoms with van der Waals surface area (Å²) in [6.45, 7) is 5.58. The summed E-state index contributed by atoms with van der Waals surface area (Å²) >= 11 is 3.21. The van der Waals surface area contributed by atoms with Crippen LogP contribution in [0.5, 0.6) is 0 Å². The quantitative estimate of drug-likeness (QED) is 0.326. The van der Waals surface area contributed by atoms with Crippen LogP contribution in [0.15, 0.2) is 68.4 Å². The standard InChI is InChI=1S/C25H21BrN2O4/c1-13-11-17(15(3)27-19-9-10-20(26)28-21(19)25(30)31)24-18(12-13)22(29)14(2)23(32-24)16-7-5-4-6-8-16/h4-12,15,27H,1-3H3,(H,30,31). The second kappa shape index (κ2) is 8.59. The Bertz CT molecular complexity index is 1400. The molecule has 4 rings (SSSR count). The molecule has 0 amide bonds. The van der Waals surface area contributed by atoms with E-state index in [0.29, 0.717) is 32.6 Å². The molecule has 2 N–H and O–H groups in total. The van der Waals surface area contributed by atoms with Crippen LogP contribution in [0.4, 0.5) is 5.69 Å². The van der Waals surface area contributed by atoms with E-state index in [0.717, 1.165) is 16.7 Å². The first kappa shape index (κ1) is 21.8. The summed E-state index contributed by atoms with van der Waals surface area (Å²) in [5.41, 5.74) is 3.71. The van der Waals surface area contributed by atoms with Gasteiger partial charge >= 0.3 is 5.97 Å². The van der Waals surface area contributed by atoms with Crippen LogP contribution >= 0.6 is 15.9 Å². The number of benzene rings is 2. The highest BCUT2D eigenvalue weighted by Gasteiger charge is 2.21. The molecular weight excluding hydrogens is 472 g/mol. The molecule has 0 bridgehead atoms. The van der Waals surface area contributed by atoms with Crippen LogP contribution in [-0.2, 0) is 0 Å². The topological polar surface area (TPSA) is 92.4 Å². The van der Waals surface area contributed by atoms with Crippen molar-refractivity contribution in [1.29, 1.82) is 0 Å². The molecule has 0 saturated carbocycles. The molecule has 0 radical (unpaired) electrons. The van der Waals surface area contributed by atoms with Gasteiger partial charge in [0.1, 0.15) is 15.9 Å². The average Bonchev–Trinajstić information content (AvgIpc) is 2.77. The van der Waals surface area contributed by atoms with Gasteiger partial charge in [-0.05, 0) is 60.5 Å². The molecule has 7 heteroatoms. The molecule has 32 heavy (non-hydrogen) atoms. The van der Waals surface area contributed by atoms with Crippen LogP contribution in [0.2, 0.25) is 0 Å². The number of pyridine rings is 1. The van der Waals surface area contributed by atoms with Crippen molar-refractivity contribution in [2.75, 3.05) is 5.32 Å². The summed E-state index contributed by atoms with van der Waals surface area (Å²) in [5.74, 6) is -0.611. The highest BCUT2D eigenvalue weighted by molar-refractivity contribution is 9.10. The van der Waals surface area contributed by atoms with E-state index in [9.17, 15) is 14.7 Å². The number of hydrogen-bond donors (Lipinski definition) is 2. The van der Waals surface area contributed by atoms with E-state index < -0.39 is 5.97 Å². The number of hydrogen-bond acceptors (Lipinski definition) is 5. The van der Waals surface area contributed by atoms with Crippen molar-refractivity contribution in [3.8, 4) is 11.3 Å². The maximum absolute atomic E-state index is 13.2. The molecule has 0 aliphatic heterocycles. The Morgan fingerprint density at radius 1 is 1.12 bits per heavy atom. The molecule has 162 valence electrons. The van der Waals surface area contributed by atoms with Crippen molar-refractivity contribution < 1.29 is 14.3 Å². The monoisotopic (exact) mass is 492 g/mol. The second-order valence-corrected chi connectivity index (χ2v) is 8.50. The Labute approximate surface area is 193 Å². The fourth-order valence-electron chi connectivity index (χ4n) is 3.78. The Balaban J connectivity index is 1.88. The Kier molecular flexibility index (Phi) is 5.84. The van der Waals surface area contributed by atoms with E-state index in [1.807, 2.05) is 56.3 Å². The van der Waals surface area contributed by atoms with Crippen LogP contribution < -0.4 is 10.7 Å². The fourth-order valence-corrected chi connectivity index (χ4v) is 4.09. The normalized spacial score (nSPS) is 12.0. The van der Waals surface area contributed by atoms with Gasteiger partial charge in [0.15, 0.2) is 11.1 Å². The summed E-state index contributed by atoms with van der Waals surface area (Å²) in [4.78, 5) is 28.9. The zero-order valence-corrected chi connectivity index (χ0v) is 19.4. The molecule has 1 unspecified atom stereocenters. The number of nitrogens with zero attached hydrogens (tertiary/aromatic N) is 1. The number of anilines is 1. The lowest BCUT2D eigenvalue weighted by Crippen LogP contribution is -2.14. The third kappa shape index (κ3) is 4.03. The van der Waals surface area contributed by atoms with Crippen molar-refractivity contribution in [3.05, 3.63) is 91.8 Å². The highest BCUT2D eigenvalue weighted by atomic mass is 79.9. The summed E-state index contributed by atoms with van der Waals surface area (Å²) < 4.78 is 6.76. The Morgan fingerprint density at radius 3 is 2.53 bits per heavy atom. The van der Waals surface area contributed by atoms with Gasteiger partial charge in [-0.2, -0.15) is 0 Å².